The lowest BCUT2D eigenvalue weighted by atomic mass is 10.3. The van der Waals surface area contributed by atoms with Crippen molar-refractivity contribution in [2.24, 2.45) is 0 Å². The predicted octanol–water partition coefficient (Wildman–Crippen LogP) is 3.82. The van der Waals surface area contributed by atoms with Crippen molar-refractivity contribution in [3.05, 3.63) is 24.3 Å². The van der Waals surface area contributed by atoms with Crippen LogP contribution < -0.4 is 10.1 Å². The number of hydrogen-bond acceptors (Lipinski definition) is 3. The maximum absolute atomic E-state index is 12.5. The number of rotatable bonds is 9. The molecule has 0 bridgehead atoms. The molecule has 134 valence electrons. The van der Waals surface area contributed by atoms with Crippen molar-refractivity contribution in [1.29, 1.82) is 0 Å². The van der Waals surface area contributed by atoms with Crippen molar-refractivity contribution < 1.29 is 9.53 Å². The number of urea groups is 1. The lowest BCUT2D eigenvalue weighted by Gasteiger charge is -2.23. The highest BCUT2D eigenvalue weighted by molar-refractivity contribution is 5.89. The van der Waals surface area contributed by atoms with Gasteiger partial charge in [0, 0.05) is 24.8 Å². The summed E-state index contributed by atoms with van der Waals surface area (Å²) >= 11 is 0. The number of ether oxygens (including phenoxy) is 1. The first-order valence-corrected chi connectivity index (χ1v) is 9.24. The average Bonchev–Trinajstić information content (AvgIpc) is 3.10. The number of anilines is 1. The molecule has 5 heteroatoms. The van der Waals surface area contributed by atoms with Gasteiger partial charge in [0.2, 0.25) is 0 Å². The first-order valence-electron chi connectivity index (χ1n) is 9.24. The monoisotopic (exact) mass is 333 g/mol. The van der Waals surface area contributed by atoms with E-state index in [2.05, 4.69) is 17.1 Å². The van der Waals surface area contributed by atoms with Gasteiger partial charge in [-0.1, -0.05) is 13.0 Å². The number of likely N-dealkylation sites (tertiary alicyclic amines) is 1. The highest BCUT2D eigenvalue weighted by atomic mass is 16.5. The Morgan fingerprint density at radius 2 is 2.08 bits per heavy atom. The minimum absolute atomic E-state index is 0.0356. The maximum atomic E-state index is 12.5. The zero-order valence-electron chi connectivity index (χ0n) is 15.1. The van der Waals surface area contributed by atoms with Crippen LogP contribution in [0.15, 0.2) is 24.3 Å². The van der Waals surface area contributed by atoms with E-state index in [0.29, 0.717) is 6.61 Å². The lowest BCUT2D eigenvalue weighted by molar-refractivity contribution is 0.210. The second-order valence-corrected chi connectivity index (χ2v) is 6.29. The molecule has 2 amide bonds. The summed E-state index contributed by atoms with van der Waals surface area (Å²) in [5.41, 5.74) is 0.784. The Labute approximate surface area is 146 Å². The van der Waals surface area contributed by atoms with Crippen molar-refractivity contribution in [2.75, 3.05) is 44.6 Å². The number of hydrogen-bond donors (Lipinski definition) is 1. The fraction of sp³-hybridized carbons (Fsp3) is 0.632. The van der Waals surface area contributed by atoms with Gasteiger partial charge in [0.15, 0.2) is 0 Å². The zero-order chi connectivity index (χ0) is 17.2. The fourth-order valence-electron chi connectivity index (χ4n) is 2.98. The van der Waals surface area contributed by atoms with Gasteiger partial charge < -0.3 is 19.9 Å². The van der Waals surface area contributed by atoms with Gasteiger partial charge in [0.1, 0.15) is 5.75 Å². The second kappa shape index (κ2) is 10.2. The highest BCUT2D eigenvalue weighted by Gasteiger charge is 2.14. The average molecular weight is 333 g/mol. The minimum atomic E-state index is -0.0356. The molecule has 1 aliphatic heterocycles. The van der Waals surface area contributed by atoms with Crippen LogP contribution in [0.3, 0.4) is 0 Å². The van der Waals surface area contributed by atoms with Crippen LogP contribution in [0.4, 0.5) is 10.5 Å². The molecule has 1 aliphatic rings. The number of nitrogens with one attached hydrogen (secondary N) is 1. The molecule has 1 aromatic rings. The van der Waals surface area contributed by atoms with Crippen molar-refractivity contribution in [3.63, 3.8) is 0 Å². The molecule has 5 nitrogen and oxygen atoms in total. The summed E-state index contributed by atoms with van der Waals surface area (Å²) in [6.45, 7) is 9.82. The molecular formula is C19H31N3O2. The quantitative estimate of drug-likeness (QED) is 0.747. The number of nitrogens with zero attached hydrogens (tertiary/aromatic N) is 2. The molecule has 0 saturated carbocycles. The third-order valence-corrected chi connectivity index (χ3v) is 4.33. The number of benzene rings is 1. The molecule has 0 aliphatic carbocycles. The molecule has 2 rings (SSSR count). The van der Waals surface area contributed by atoms with Crippen LogP contribution in [-0.4, -0.2) is 55.2 Å². The van der Waals surface area contributed by atoms with Crippen LogP contribution in [0.5, 0.6) is 5.75 Å². The standard InChI is InChI=1S/C19H31N3O2/c1-3-15-24-18-10-7-9-17(16-18)20-19(23)22(4-2)14-8-13-21-11-5-6-12-21/h7,9-10,16H,3-6,8,11-15H2,1-2H3,(H,20,23). The van der Waals surface area contributed by atoms with Gasteiger partial charge in [-0.05, 0) is 64.4 Å². The summed E-state index contributed by atoms with van der Waals surface area (Å²) in [5.74, 6) is 0.798. The molecule has 24 heavy (non-hydrogen) atoms. The summed E-state index contributed by atoms with van der Waals surface area (Å²) in [6.07, 6.45) is 4.63. The van der Waals surface area contributed by atoms with Gasteiger partial charge in [0.05, 0.1) is 6.61 Å². The van der Waals surface area contributed by atoms with E-state index in [4.69, 9.17) is 4.74 Å². The summed E-state index contributed by atoms with van der Waals surface area (Å²) in [4.78, 5) is 16.8. The number of amides is 2. The Bertz CT molecular complexity index is 501. The molecule has 1 heterocycles. The van der Waals surface area contributed by atoms with Crippen molar-refractivity contribution in [3.8, 4) is 5.75 Å². The van der Waals surface area contributed by atoms with Crippen molar-refractivity contribution in [2.45, 2.75) is 39.5 Å². The van der Waals surface area contributed by atoms with Gasteiger partial charge >= 0.3 is 6.03 Å². The van der Waals surface area contributed by atoms with Crippen LogP contribution in [0.2, 0.25) is 0 Å². The van der Waals surface area contributed by atoms with E-state index in [1.165, 1.54) is 25.9 Å². The van der Waals surface area contributed by atoms with Gasteiger partial charge in [0.25, 0.3) is 0 Å². The fourth-order valence-corrected chi connectivity index (χ4v) is 2.98. The Balaban J connectivity index is 1.79. The van der Waals surface area contributed by atoms with Crippen molar-refractivity contribution in [1.82, 2.24) is 9.80 Å². The van der Waals surface area contributed by atoms with E-state index in [9.17, 15) is 4.79 Å². The molecule has 1 aromatic carbocycles. The van der Waals surface area contributed by atoms with Crippen LogP contribution in [0, 0.1) is 0 Å². The third-order valence-electron chi connectivity index (χ3n) is 4.33. The minimum Gasteiger partial charge on any atom is -0.494 e. The largest absolute Gasteiger partial charge is 0.494 e. The smallest absolute Gasteiger partial charge is 0.321 e. The van der Waals surface area contributed by atoms with E-state index in [1.54, 1.807) is 0 Å². The predicted molar refractivity (Wildman–Crippen MR) is 98.8 cm³/mol. The van der Waals surface area contributed by atoms with E-state index >= 15 is 0 Å². The van der Waals surface area contributed by atoms with Crippen LogP contribution >= 0.6 is 0 Å². The molecule has 1 N–H and O–H groups in total. The summed E-state index contributed by atoms with van der Waals surface area (Å²) in [6, 6.07) is 7.57. The van der Waals surface area contributed by atoms with Crippen LogP contribution in [-0.2, 0) is 0 Å². The SMILES string of the molecule is CCCOc1cccc(NC(=O)N(CC)CCCN2CCCC2)c1. The molecule has 1 fully saturated rings. The van der Waals surface area contributed by atoms with Gasteiger partial charge in [-0.2, -0.15) is 0 Å². The normalized spacial score (nSPS) is 14.6. The number of carbonyl (C=O) groups excluding carboxylic acids is 1. The Kier molecular flexibility index (Phi) is 7.89. The van der Waals surface area contributed by atoms with Crippen LogP contribution in [0.25, 0.3) is 0 Å². The molecule has 1 saturated heterocycles. The Morgan fingerprint density at radius 1 is 1.29 bits per heavy atom. The van der Waals surface area contributed by atoms with E-state index in [-0.39, 0.29) is 6.03 Å². The molecule has 0 spiro atoms. The van der Waals surface area contributed by atoms with Gasteiger partial charge in [-0.25, -0.2) is 4.79 Å². The van der Waals surface area contributed by atoms with E-state index in [0.717, 1.165) is 43.9 Å². The first-order chi connectivity index (χ1) is 11.7. The topological polar surface area (TPSA) is 44.8 Å². The zero-order valence-corrected chi connectivity index (χ0v) is 15.1. The molecular weight excluding hydrogens is 302 g/mol. The summed E-state index contributed by atoms with van der Waals surface area (Å²) in [5, 5.41) is 2.98. The second-order valence-electron chi connectivity index (χ2n) is 6.29. The Morgan fingerprint density at radius 3 is 2.79 bits per heavy atom. The summed E-state index contributed by atoms with van der Waals surface area (Å²) < 4.78 is 5.62. The Hall–Kier alpha value is -1.75. The lowest BCUT2D eigenvalue weighted by Crippen LogP contribution is -2.37. The molecule has 0 atom stereocenters. The first kappa shape index (κ1) is 18.6. The van der Waals surface area contributed by atoms with Crippen LogP contribution in [0.1, 0.15) is 39.5 Å². The van der Waals surface area contributed by atoms with E-state index in [1.807, 2.05) is 36.1 Å². The molecule has 0 radical (unpaired) electrons. The number of carbonyl (C=O) groups is 1. The van der Waals surface area contributed by atoms with Gasteiger partial charge in [-0.15, -0.1) is 0 Å². The molecule has 0 unspecified atom stereocenters. The van der Waals surface area contributed by atoms with E-state index < -0.39 is 0 Å². The maximum Gasteiger partial charge on any atom is 0.321 e. The molecule has 0 aromatic heterocycles. The van der Waals surface area contributed by atoms with Gasteiger partial charge in [-0.3, -0.25) is 0 Å². The summed E-state index contributed by atoms with van der Waals surface area (Å²) in [7, 11) is 0. The van der Waals surface area contributed by atoms with Crippen molar-refractivity contribution >= 4 is 11.7 Å². The third kappa shape index (κ3) is 6.04. The highest BCUT2D eigenvalue weighted by Crippen LogP contribution is 2.18.